The number of nitrogens with one attached hydrogen (secondary N) is 1. The van der Waals surface area contributed by atoms with Crippen LogP contribution in [-0.4, -0.2) is 19.1 Å². The molecule has 0 saturated carbocycles. The molecule has 4 heteroatoms. The summed E-state index contributed by atoms with van der Waals surface area (Å²) in [5.74, 6) is 1.16. The minimum absolute atomic E-state index is 0.0627. The lowest BCUT2D eigenvalue weighted by Crippen LogP contribution is -2.41. The SMILES string of the molecule is CC[C@@H](Oc1ccccc1OC)C(=O)N[C@H]1CCCc2ccccc21. The van der Waals surface area contributed by atoms with Gasteiger partial charge in [0.25, 0.3) is 5.91 Å². The van der Waals surface area contributed by atoms with Gasteiger partial charge in [0.15, 0.2) is 17.6 Å². The van der Waals surface area contributed by atoms with Crippen molar-refractivity contribution in [3.05, 3.63) is 59.7 Å². The molecule has 0 fully saturated rings. The molecular weight excluding hydrogens is 314 g/mol. The molecule has 25 heavy (non-hydrogen) atoms. The zero-order valence-corrected chi connectivity index (χ0v) is 14.8. The molecule has 4 nitrogen and oxygen atoms in total. The number of carbonyl (C=O) groups excluding carboxylic acids is 1. The van der Waals surface area contributed by atoms with Gasteiger partial charge in [-0.2, -0.15) is 0 Å². The molecule has 0 saturated heterocycles. The minimum Gasteiger partial charge on any atom is -0.493 e. The smallest absolute Gasteiger partial charge is 0.261 e. The van der Waals surface area contributed by atoms with Gasteiger partial charge in [0.1, 0.15) is 0 Å². The van der Waals surface area contributed by atoms with Crippen LogP contribution in [-0.2, 0) is 11.2 Å². The van der Waals surface area contributed by atoms with Gasteiger partial charge in [-0.25, -0.2) is 0 Å². The molecule has 0 aromatic heterocycles. The summed E-state index contributed by atoms with van der Waals surface area (Å²) in [5.41, 5.74) is 2.56. The maximum Gasteiger partial charge on any atom is 0.261 e. The van der Waals surface area contributed by atoms with E-state index in [1.807, 2.05) is 37.3 Å². The maximum absolute atomic E-state index is 12.8. The molecule has 2 atom stereocenters. The Bertz CT molecular complexity index is 729. The van der Waals surface area contributed by atoms with E-state index >= 15 is 0 Å². The molecule has 2 aromatic rings. The van der Waals surface area contributed by atoms with Crippen LogP contribution in [0.2, 0.25) is 0 Å². The lowest BCUT2D eigenvalue weighted by molar-refractivity contribution is -0.129. The van der Waals surface area contributed by atoms with Crippen molar-refractivity contribution >= 4 is 5.91 Å². The minimum atomic E-state index is -0.537. The molecule has 1 N–H and O–H groups in total. The zero-order valence-electron chi connectivity index (χ0n) is 14.8. The van der Waals surface area contributed by atoms with Crippen molar-refractivity contribution < 1.29 is 14.3 Å². The molecule has 1 aliphatic rings. The van der Waals surface area contributed by atoms with E-state index in [0.717, 1.165) is 19.3 Å². The Kier molecular flexibility index (Phi) is 5.59. The second-order valence-electron chi connectivity index (χ2n) is 6.32. The Balaban J connectivity index is 1.71. The highest BCUT2D eigenvalue weighted by atomic mass is 16.5. The largest absolute Gasteiger partial charge is 0.493 e. The van der Waals surface area contributed by atoms with Crippen LogP contribution in [0.25, 0.3) is 0 Å². The summed E-state index contributed by atoms with van der Waals surface area (Å²) in [7, 11) is 1.60. The fourth-order valence-electron chi connectivity index (χ4n) is 3.36. The first kappa shape index (κ1) is 17.3. The number of carbonyl (C=O) groups is 1. The van der Waals surface area contributed by atoms with Crippen LogP contribution in [0.5, 0.6) is 11.5 Å². The number of amides is 1. The van der Waals surface area contributed by atoms with Crippen LogP contribution < -0.4 is 14.8 Å². The van der Waals surface area contributed by atoms with E-state index in [0.29, 0.717) is 17.9 Å². The number of para-hydroxylation sites is 2. The lowest BCUT2D eigenvalue weighted by atomic mass is 9.87. The van der Waals surface area contributed by atoms with E-state index in [1.54, 1.807) is 7.11 Å². The summed E-state index contributed by atoms with van der Waals surface area (Å²) in [6.07, 6.45) is 3.20. The Morgan fingerprint density at radius 1 is 1.16 bits per heavy atom. The summed E-state index contributed by atoms with van der Waals surface area (Å²) in [6.45, 7) is 1.95. The number of ether oxygens (including phenoxy) is 2. The third-order valence-electron chi connectivity index (χ3n) is 4.69. The highest BCUT2D eigenvalue weighted by Gasteiger charge is 2.26. The van der Waals surface area contributed by atoms with Crippen LogP contribution in [0.4, 0.5) is 0 Å². The Morgan fingerprint density at radius 2 is 1.88 bits per heavy atom. The van der Waals surface area contributed by atoms with Crippen LogP contribution in [0.15, 0.2) is 48.5 Å². The van der Waals surface area contributed by atoms with E-state index in [-0.39, 0.29) is 11.9 Å². The average Bonchev–Trinajstić information content (AvgIpc) is 2.66. The highest BCUT2D eigenvalue weighted by molar-refractivity contribution is 5.81. The predicted molar refractivity (Wildman–Crippen MR) is 98.0 cm³/mol. The first-order chi connectivity index (χ1) is 12.2. The number of benzene rings is 2. The van der Waals surface area contributed by atoms with Gasteiger partial charge in [-0.05, 0) is 48.9 Å². The maximum atomic E-state index is 12.8. The Hall–Kier alpha value is -2.49. The molecule has 0 heterocycles. The van der Waals surface area contributed by atoms with Gasteiger partial charge >= 0.3 is 0 Å². The summed E-state index contributed by atoms with van der Waals surface area (Å²) in [6, 6.07) is 15.8. The van der Waals surface area contributed by atoms with Crippen LogP contribution >= 0.6 is 0 Å². The highest BCUT2D eigenvalue weighted by Crippen LogP contribution is 2.30. The molecule has 0 spiro atoms. The van der Waals surface area contributed by atoms with E-state index in [9.17, 15) is 4.79 Å². The number of fused-ring (bicyclic) bond motifs is 1. The number of aryl methyl sites for hydroxylation is 1. The van der Waals surface area contributed by atoms with Crippen molar-refractivity contribution in [2.24, 2.45) is 0 Å². The summed E-state index contributed by atoms with van der Waals surface area (Å²) in [4.78, 5) is 12.8. The molecule has 0 radical (unpaired) electrons. The number of hydrogen-bond donors (Lipinski definition) is 1. The Morgan fingerprint density at radius 3 is 2.64 bits per heavy atom. The van der Waals surface area contributed by atoms with Gasteiger partial charge in [-0.15, -0.1) is 0 Å². The standard InChI is InChI=1S/C21H25NO3/c1-3-18(25-20-14-7-6-13-19(20)24-2)21(23)22-17-12-8-10-15-9-4-5-11-16(15)17/h4-7,9,11,13-14,17-18H,3,8,10,12H2,1-2H3,(H,22,23)/t17-,18+/m0/s1. The van der Waals surface area contributed by atoms with Crippen molar-refractivity contribution in [2.45, 2.75) is 44.8 Å². The van der Waals surface area contributed by atoms with Gasteiger partial charge in [0, 0.05) is 0 Å². The predicted octanol–water partition coefficient (Wildman–Crippen LogP) is 4.05. The topological polar surface area (TPSA) is 47.6 Å². The van der Waals surface area contributed by atoms with Crippen LogP contribution in [0.1, 0.15) is 43.4 Å². The van der Waals surface area contributed by atoms with Gasteiger partial charge in [0.05, 0.1) is 13.2 Å². The van der Waals surface area contributed by atoms with Crippen molar-refractivity contribution in [1.29, 1.82) is 0 Å². The van der Waals surface area contributed by atoms with Crippen molar-refractivity contribution in [3.8, 4) is 11.5 Å². The lowest BCUT2D eigenvalue weighted by Gasteiger charge is -2.28. The first-order valence-corrected chi connectivity index (χ1v) is 8.90. The van der Waals surface area contributed by atoms with Crippen LogP contribution in [0.3, 0.4) is 0 Å². The average molecular weight is 339 g/mol. The summed E-state index contributed by atoms with van der Waals surface area (Å²) < 4.78 is 11.3. The number of methoxy groups -OCH3 is 1. The van der Waals surface area contributed by atoms with Gasteiger partial charge in [-0.1, -0.05) is 43.3 Å². The second kappa shape index (κ2) is 8.06. The third kappa shape index (κ3) is 3.95. The zero-order chi connectivity index (χ0) is 17.6. The summed E-state index contributed by atoms with van der Waals surface area (Å²) >= 11 is 0. The molecule has 1 amide bonds. The van der Waals surface area contributed by atoms with E-state index in [1.165, 1.54) is 11.1 Å². The molecule has 2 aromatic carbocycles. The number of hydrogen-bond acceptors (Lipinski definition) is 3. The molecular formula is C21H25NO3. The van der Waals surface area contributed by atoms with E-state index in [2.05, 4.69) is 23.5 Å². The van der Waals surface area contributed by atoms with Gasteiger partial charge in [0.2, 0.25) is 0 Å². The fraction of sp³-hybridized carbons (Fsp3) is 0.381. The first-order valence-electron chi connectivity index (χ1n) is 8.90. The van der Waals surface area contributed by atoms with Crippen molar-refractivity contribution in [3.63, 3.8) is 0 Å². The molecule has 0 bridgehead atoms. The normalized spacial score (nSPS) is 17.3. The molecule has 1 aliphatic carbocycles. The van der Waals surface area contributed by atoms with E-state index < -0.39 is 6.10 Å². The van der Waals surface area contributed by atoms with Gasteiger partial charge in [-0.3, -0.25) is 4.79 Å². The van der Waals surface area contributed by atoms with Crippen molar-refractivity contribution in [2.75, 3.05) is 7.11 Å². The summed E-state index contributed by atoms with van der Waals surface area (Å²) in [5, 5.41) is 3.18. The molecule has 0 unspecified atom stereocenters. The van der Waals surface area contributed by atoms with Crippen molar-refractivity contribution in [1.82, 2.24) is 5.32 Å². The Labute approximate surface area is 149 Å². The molecule has 3 rings (SSSR count). The molecule has 132 valence electrons. The second-order valence-corrected chi connectivity index (χ2v) is 6.32. The monoisotopic (exact) mass is 339 g/mol. The van der Waals surface area contributed by atoms with E-state index in [4.69, 9.17) is 9.47 Å². The third-order valence-corrected chi connectivity index (χ3v) is 4.69. The van der Waals surface area contributed by atoms with Crippen LogP contribution in [0, 0.1) is 0 Å². The quantitative estimate of drug-likeness (QED) is 0.864. The molecule has 0 aliphatic heterocycles. The van der Waals surface area contributed by atoms with Gasteiger partial charge < -0.3 is 14.8 Å². The number of rotatable bonds is 6. The fourth-order valence-corrected chi connectivity index (χ4v) is 3.36.